The van der Waals surface area contributed by atoms with Crippen molar-refractivity contribution in [1.82, 2.24) is 9.80 Å². The van der Waals surface area contributed by atoms with Gasteiger partial charge in [-0.25, -0.2) is 0 Å². The van der Waals surface area contributed by atoms with E-state index in [0.717, 1.165) is 44.0 Å². The molecule has 3 heteroatoms. The molecule has 0 unspecified atom stereocenters. The molecule has 2 heterocycles. The highest BCUT2D eigenvalue weighted by Gasteiger charge is 2.25. The molecular formula is C23H28N2O. The molecule has 1 saturated heterocycles. The maximum absolute atomic E-state index is 12.7. The molecule has 4 rings (SSSR count). The number of benzene rings is 2. The normalized spacial score (nSPS) is 18.8. The molecule has 0 atom stereocenters. The van der Waals surface area contributed by atoms with Crippen LogP contribution in [0.2, 0.25) is 0 Å². The average molecular weight is 348 g/mol. The van der Waals surface area contributed by atoms with E-state index in [1.54, 1.807) is 0 Å². The van der Waals surface area contributed by atoms with Crippen LogP contribution in [0.4, 0.5) is 0 Å². The second kappa shape index (κ2) is 8.05. The Morgan fingerprint density at radius 2 is 1.62 bits per heavy atom. The van der Waals surface area contributed by atoms with Crippen molar-refractivity contribution in [3.05, 3.63) is 71.3 Å². The molecule has 0 aliphatic carbocycles. The molecule has 3 nitrogen and oxygen atoms in total. The lowest BCUT2D eigenvalue weighted by Crippen LogP contribution is -2.40. The van der Waals surface area contributed by atoms with E-state index >= 15 is 0 Å². The van der Waals surface area contributed by atoms with Crippen LogP contribution in [0.3, 0.4) is 0 Å². The van der Waals surface area contributed by atoms with E-state index in [2.05, 4.69) is 46.2 Å². The van der Waals surface area contributed by atoms with Crippen molar-refractivity contribution in [1.29, 1.82) is 0 Å². The van der Waals surface area contributed by atoms with E-state index in [1.807, 2.05) is 18.2 Å². The lowest BCUT2D eigenvalue weighted by molar-refractivity contribution is 0.0718. The summed E-state index contributed by atoms with van der Waals surface area (Å²) in [5.41, 5.74) is 3.53. The number of nitrogens with zero attached hydrogens (tertiary/aromatic N) is 2. The number of rotatable bonds is 5. The summed E-state index contributed by atoms with van der Waals surface area (Å²) in [7, 11) is 0. The molecule has 0 aromatic heterocycles. The maximum atomic E-state index is 12.7. The van der Waals surface area contributed by atoms with Crippen molar-refractivity contribution in [2.45, 2.75) is 32.2 Å². The van der Waals surface area contributed by atoms with Gasteiger partial charge in [0.2, 0.25) is 0 Å². The summed E-state index contributed by atoms with van der Waals surface area (Å²) in [5, 5.41) is 0. The highest BCUT2D eigenvalue weighted by atomic mass is 16.2. The van der Waals surface area contributed by atoms with Gasteiger partial charge in [-0.05, 0) is 61.9 Å². The molecule has 0 spiro atoms. The Bertz CT molecular complexity index is 735. The molecule has 2 aromatic carbocycles. The highest BCUT2D eigenvalue weighted by Crippen LogP contribution is 2.24. The predicted molar refractivity (Wildman–Crippen MR) is 105 cm³/mol. The van der Waals surface area contributed by atoms with Crippen molar-refractivity contribution in [3.8, 4) is 0 Å². The van der Waals surface area contributed by atoms with Crippen LogP contribution in [0, 0.1) is 5.92 Å². The van der Waals surface area contributed by atoms with Crippen molar-refractivity contribution in [2.75, 3.05) is 26.2 Å². The van der Waals surface area contributed by atoms with Gasteiger partial charge in [-0.1, -0.05) is 48.5 Å². The SMILES string of the molecule is O=C1c2ccccc2CCN1CCC1CCN(Cc2ccccc2)CC1. The summed E-state index contributed by atoms with van der Waals surface area (Å²) in [4.78, 5) is 17.3. The Hall–Kier alpha value is -2.13. The quantitative estimate of drug-likeness (QED) is 0.816. The lowest BCUT2D eigenvalue weighted by atomic mass is 9.92. The fourth-order valence-corrected chi connectivity index (χ4v) is 4.30. The first-order valence-electron chi connectivity index (χ1n) is 9.93. The number of piperidine rings is 1. The molecule has 2 aromatic rings. The summed E-state index contributed by atoms with van der Waals surface area (Å²) >= 11 is 0. The van der Waals surface area contributed by atoms with E-state index < -0.39 is 0 Å². The minimum Gasteiger partial charge on any atom is -0.338 e. The number of fused-ring (bicyclic) bond motifs is 1. The highest BCUT2D eigenvalue weighted by molar-refractivity contribution is 5.96. The molecule has 0 bridgehead atoms. The van der Waals surface area contributed by atoms with Gasteiger partial charge < -0.3 is 4.90 Å². The van der Waals surface area contributed by atoms with Crippen molar-refractivity contribution >= 4 is 5.91 Å². The summed E-state index contributed by atoms with van der Waals surface area (Å²) < 4.78 is 0. The molecule has 0 saturated carbocycles. The van der Waals surface area contributed by atoms with Gasteiger partial charge in [-0.15, -0.1) is 0 Å². The summed E-state index contributed by atoms with van der Waals surface area (Å²) in [6, 6.07) is 18.8. The lowest BCUT2D eigenvalue weighted by Gasteiger charge is -2.34. The van der Waals surface area contributed by atoms with E-state index in [0.29, 0.717) is 0 Å². The zero-order valence-electron chi connectivity index (χ0n) is 15.4. The Balaban J connectivity index is 1.24. The number of likely N-dealkylation sites (tertiary alicyclic amines) is 1. The topological polar surface area (TPSA) is 23.6 Å². The molecule has 136 valence electrons. The third-order valence-corrected chi connectivity index (χ3v) is 5.95. The Morgan fingerprint density at radius 3 is 2.42 bits per heavy atom. The Kier molecular flexibility index (Phi) is 5.35. The van der Waals surface area contributed by atoms with Gasteiger partial charge in [0.15, 0.2) is 0 Å². The minimum atomic E-state index is 0.230. The zero-order valence-corrected chi connectivity index (χ0v) is 15.4. The van der Waals surface area contributed by atoms with Crippen LogP contribution in [-0.2, 0) is 13.0 Å². The first kappa shape index (κ1) is 17.3. The third kappa shape index (κ3) is 3.99. The van der Waals surface area contributed by atoms with E-state index in [9.17, 15) is 4.79 Å². The second-order valence-corrected chi connectivity index (χ2v) is 7.69. The van der Waals surface area contributed by atoms with E-state index in [-0.39, 0.29) is 5.91 Å². The van der Waals surface area contributed by atoms with Crippen LogP contribution in [-0.4, -0.2) is 41.9 Å². The summed E-state index contributed by atoms with van der Waals surface area (Å²) in [6.07, 6.45) is 4.65. The monoisotopic (exact) mass is 348 g/mol. The van der Waals surface area contributed by atoms with Gasteiger partial charge in [-0.2, -0.15) is 0 Å². The first-order chi connectivity index (χ1) is 12.8. The molecule has 0 radical (unpaired) electrons. The van der Waals surface area contributed by atoms with Crippen molar-refractivity contribution in [3.63, 3.8) is 0 Å². The molecule has 0 N–H and O–H groups in total. The Labute approximate surface area is 156 Å². The molecular weight excluding hydrogens is 320 g/mol. The summed E-state index contributed by atoms with van der Waals surface area (Å²) in [6.45, 7) is 5.21. The standard InChI is InChI=1S/C23H28N2O/c26-23-22-9-5-4-8-21(22)13-17-25(23)16-12-19-10-14-24(15-11-19)18-20-6-2-1-3-7-20/h1-9,19H,10-18H2. The summed E-state index contributed by atoms with van der Waals surface area (Å²) in [5.74, 6) is 0.986. The number of hydrogen-bond donors (Lipinski definition) is 0. The fraction of sp³-hybridized carbons (Fsp3) is 0.435. The maximum Gasteiger partial charge on any atom is 0.254 e. The molecule has 26 heavy (non-hydrogen) atoms. The second-order valence-electron chi connectivity index (χ2n) is 7.69. The van der Waals surface area contributed by atoms with Gasteiger partial charge in [0, 0.05) is 25.2 Å². The van der Waals surface area contributed by atoms with Gasteiger partial charge in [0.25, 0.3) is 5.91 Å². The van der Waals surface area contributed by atoms with E-state index in [4.69, 9.17) is 0 Å². The molecule has 2 aliphatic heterocycles. The number of hydrogen-bond acceptors (Lipinski definition) is 2. The van der Waals surface area contributed by atoms with E-state index in [1.165, 1.54) is 37.1 Å². The Morgan fingerprint density at radius 1 is 0.885 bits per heavy atom. The fourth-order valence-electron chi connectivity index (χ4n) is 4.30. The van der Waals surface area contributed by atoms with Gasteiger partial charge in [-0.3, -0.25) is 9.69 Å². The molecule has 1 fully saturated rings. The van der Waals surface area contributed by atoms with Crippen LogP contribution in [0.5, 0.6) is 0 Å². The largest absolute Gasteiger partial charge is 0.338 e. The van der Waals surface area contributed by atoms with Crippen molar-refractivity contribution < 1.29 is 4.79 Å². The number of carbonyl (C=O) groups excluding carboxylic acids is 1. The minimum absolute atomic E-state index is 0.230. The predicted octanol–water partition coefficient (Wildman–Crippen LogP) is 3.99. The number of amides is 1. The van der Waals surface area contributed by atoms with Crippen LogP contribution < -0.4 is 0 Å². The van der Waals surface area contributed by atoms with Gasteiger partial charge >= 0.3 is 0 Å². The van der Waals surface area contributed by atoms with Crippen molar-refractivity contribution in [2.24, 2.45) is 5.92 Å². The third-order valence-electron chi connectivity index (χ3n) is 5.95. The average Bonchev–Trinajstić information content (AvgIpc) is 2.70. The smallest absolute Gasteiger partial charge is 0.254 e. The van der Waals surface area contributed by atoms with Gasteiger partial charge in [0.05, 0.1) is 0 Å². The van der Waals surface area contributed by atoms with Crippen LogP contribution >= 0.6 is 0 Å². The van der Waals surface area contributed by atoms with Crippen LogP contribution in [0.1, 0.15) is 40.7 Å². The van der Waals surface area contributed by atoms with Crippen LogP contribution in [0.25, 0.3) is 0 Å². The number of carbonyl (C=O) groups is 1. The van der Waals surface area contributed by atoms with Crippen LogP contribution in [0.15, 0.2) is 54.6 Å². The molecule has 1 amide bonds. The molecule has 2 aliphatic rings. The zero-order chi connectivity index (χ0) is 17.8. The first-order valence-corrected chi connectivity index (χ1v) is 9.93. The van der Waals surface area contributed by atoms with Gasteiger partial charge in [0.1, 0.15) is 0 Å².